The van der Waals surface area contributed by atoms with E-state index in [-0.39, 0.29) is 0 Å². The number of aliphatic hydroxyl groups excluding tert-OH is 1. The Kier molecular flexibility index (Phi) is 2.39. The number of hydrogen-bond acceptors (Lipinski definition) is 2. The van der Waals surface area contributed by atoms with Gasteiger partial charge in [0.05, 0.1) is 6.10 Å². The summed E-state index contributed by atoms with van der Waals surface area (Å²) in [7, 11) is 0. The summed E-state index contributed by atoms with van der Waals surface area (Å²) >= 11 is 0. The minimum absolute atomic E-state index is 0.560. The molecule has 2 nitrogen and oxygen atoms in total. The van der Waals surface area contributed by atoms with Gasteiger partial charge in [-0.3, -0.25) is 4.79 Å². The van der Waals surface area contributed by atoms with E-state index in [0.29, 0.717) is 11.1 Å². The highest BCUT2D eigenvalue weighted by atomic mass is 16.3. The van der Waals surface area contributed by atoms with Gasteiger partial charge in [-0.05, 0) is 18.6 Å². The number of carbonyl (C=O) groups excluding carboxylic acids is 1. The molecular weight excluding hydrogens is 140 g/mol. The minimum Gasteiger partial charge on any atom is -0.388 e. The van der Waals surface area contributed by atoms with E-state index < -0.39 is 6.10 Å². The number of rotatable bonds is 2. The van der Waals surface area contributed by atoms with Crippen LogP contribution in [0.1, 0.15) is 22.0 Å². The number of aldehydes is 1. The van der Waals surface area contributed by atoms with Gasteiger partial charge < -0.3 is 5.11 Å². The topological polar surface area (TPSA) is 37.3 Å². The van der Waals surface area contributed by atoms with Gasteiger partial charge in [-0.1, -0.05) is 18.2 Å². The Morgan fingerprint density at radius 2 is 2.27 bits per heavy atom. The maximum atomic E-state index is 10.3. The molecule has 0 heterocycles. The number of benzene rings is 1. The van der Waals surface area contributed by atoms with Crippen molar-refractivity contribution in [3.05, 3.63) is 42.3 Å². The van der Waals surface area contributed by atoms with Crippen LogP contribution in [0.2, 0.25) is 0 Å². The first-order chi connectivity index (χ1) is 5.24. The van der Waals surface area contributed by atoms with E-state index in [1.165, 1.54) is 0 Å². The van der Waals surface area contributed by atoms with Crippen LogP contribution < -0.4 is 0 Å². The Labute approximate surface area is 65.5 Å². The Morgan fingerprint density at radius 3 is 2.82 bits per heavy atom. The molecule has 57 valence electrons. The van der Waals surface area contributed by atoms with Crippen molar-refractivity contribution in [3.8, 4) is 0 Å². The lowest BCUT2D eigenvalue weighted by Crippen LogP contribution is -1.91. The van der Waals surface area contributed by atoms with Crippen molar-refractivity contribution >= 4 is 6.29 Å². The van der Waals surface area contributed by atoms with Gasteiger partial charge in [0.2, 0.25) is 0 Å². The highest BCUT2D eigenvalue weighted by Gasteiger charge is 1.99. The second kappa shape index (κ2) is 3.30. The molecule has 1 N–H and O–H groups in total. The first-order valence-electron chi connectivity index (χ1n) is 3.30. The minimum atomic E-state index is -0.755. The van der Waals surface area contributed by atoms with Crippen molar-refractivity contribution < 1.29 is 9.90 Å². The molecule has 0 bridgehead atoms. The Bertz CT molecular complexity index is 253. The molecule has 1 radical (unpaired) electrons. The van der Waals surface area contributed by atoms with Gasteiger partial charge in [-0.25, -0.2) is 0 Å². The summed E-state index contributed by atoms with van der Waals surface area (Å²) in [4.78, 5) is 10.3. The molecule has 0 aliphatic carbocycles. The summed E-state index contributed by atoms with van der Waals surface area (Å²) in [5.41, 5.74) is 1.22. The molecule has 1 aromatic rings. The van der Waals surface area contributed by atoms with E-state index in [4.69, 9.17) is 5.11 Å². The third-order valence-corrected chi connectivity index (χ3v) is 1.43. The molecule has 0 fully saturated rings. The lowest BCUT2D eigenvalue weighted by atomic mass is 10.1. The van der Waals surface area contributed by atoms with Crippen LogP contribution in [0.15, 0.2) is 24.3 Å². The van der Waals surface area contributed by atoms with E-state index in [2.05, 4.69) is 6.92 Å². The van der Waals surface area contributed by atoms with Crippen LogP contribution in [0, 0.1) is 6.92 Å². The molecule has 0 saturated carbocycles. The summed E-state index contributed by atoms with van der Waals surface area (Å²) in [6, 6.07) is 6.74. The Morgan fingerprint density at radius 1 is 1.55 bits per heavy atom. The van der Waals surface area contributed by atoms with Crippen LogP contribution in [0.3, 0.4) is 0 Å². The standard InChI is InChI=1S/C9H9O2/c1-7(11)9-4-2-3-8(5-9)6-10/h2-7,11H,1H2. The number of aliphatic hydroxyl groups is 1. The van der Waals surface area contributed by atoms with Crippen molar-refractivity contribution in [1.29, 1.82) is 0 Å². The van der Waals surface area contributed by atoms with Crippen LogP contribution >= 0.6 is 0 Å². The van der Waals surface area contributed by atoms with Crippen molar-refractivity contribution in [3.63, 3.8) is 0 Å². The highest BCUT2D eigenvalue weighted by molar-refractivity contribution is 5.74. The van der Waals surface area contributed by atoms with E-state index in [0.717, 1.165) is 6.29 Å². The van der Waals surface area contributed by atoms with Gasteiger partial charge in [-0.2, -0.15) is 0 Å². The summed E-state index contributed by atoms with van der Waals surface area (Å²) in [6.07, 6.45) is -0.0128. The molecule has 0 saturated heterocycles. The van der Waals surface area contributed by atoms with Crippen molar-refractivity contribution in [2.75, 3.05) is 0 Å². The molecule has 11 heavy (non-hydrogen) atoms. The predicted molar refractivity (Wildman–Crippen MR) is 42.1 cm³/mol. The third kappa shape index (κ3) is 1.88. The van der Waals surface area contributed by atoms with Gasteiger partial charge in [-0.15, -0.1) is 0 Å². The summed E-state index contributed by atoms with van der Waals surface area (Å²) in [5, 5.41) is 9.02. The molecule has 1 rings (SSSR count). The number of carbonyl (C=O) groups is 1. The zero-order valence-electron chi connectivity index (χ0n) is 6.03. The first-order valence-corrected chi connectivity index (χ1v) is 3.30. The number of hydrogen-bond donors (Lipinski definition) is 1. The molecule has 0 aliphatic rings. The average Bonchev–Trinajstić information content (AvgIpc) is 2.05. The highest BCUT2D eigenvalue weighted by Crippen LogP contribution is 2.11. The average molecular weight is 149 g/mol. The van der Waals surface area contributed by atoms with Crippen LogP contribution in [0.5, 0.6) is 0 Å². The van der Waals surface area contributed by atoms with Crippen molar-refractivity contribution in [1.82, 2.24) is 0 Å². The quantitative estimate of drug-likeness (QED) is 0.645. The predicted octanol–water partition coefficient (Wildman–Crippen LogP) is 1.37. The van der Waals surface area contributed by atoms with Gasteiger partial charge >= 0.3 is 0 Å². The molecule has 1 unspecified atom stereocenters. The summed E-state index contributed by atoms with van der Waals surface area (Å²) in [6.45, 7) is 3.42. The fourth-order valence-corrected chi connectivity index (χ4v) is 0.840. The molecule has 1 atom stereocenters. The van der Waals surface area contributed by atoms with Gasteiger partial charge in [0, 0.05) is 5.56 Å². The second-order valence-corrected chi connectivity index (χ2v) is 2.30. The maximum Gasteiger partial charge on any atom is 0.150 e. The van der Waals surface area contributed by atoms with Gasteiger partial charge in [0.1, 0.15) is 6.29 Å². The molecule has 0 aromatic heterocycles. The van der Waals surface area contributed by atoms with E-state index in [9.17, 15) is 4.79 Å². The zero-order chi connectivity index (χ0) is 8.27. The third-order valence-electron chi connectivity index (χ3n) is 1.43. The molecule has 0 amide bonds. The largest absolute Gasteiger partial charge is 0.388 e. The first kappa shape index (κ1) is 7.95. The van der Waals surface area contributed by atoms with Crippen LogP contribution in [-0.2, 0) is 0 Å². The van der Waals surface area contributed by atoms with Gasteiger partial charge in [0.25, 0.3) is 0 Å². The molecule has 0 spiro atoms. The van der Waals surface area contributed by atoms with Gasteiger partial charge in [0.15, 0.2) is 0 Å². The van der Waals surface area contributed by atoms with Crippen molar-refractivity contribution in [2.45, 2.75) is 6.10 Å². The van der Waals surface area contributed by atoms with Crippen molar-refractivity contribution in [2.24, 2.45) is 0 Å². The van der Waals surface area contributed by atoms with Crippen LogP contribution in [0.4, 0.5) is 0 Å². The van der Waals surface area contributed by atoms with E-state index >= 15 is 0 Å². The Balaban J connectivity index is 3.00. The fourth-order valence-electron chi connectivity index (χ4n) is 0.840. The SMILES string of the molecule is [CH2]C(O)c1cccc(C=O)c1. The van der Waals surface area contributed by atoms with E-state index in [1.54, 1.807) is 24.3 Å². The lowest BCUT2D eigenvalue weighted by Gasteiger charge is -2.03. The monoisotopic (exact) mass is 149 g/mol. The fraction of sp³-hybridized carbons (Fsp3) is 0.111. The smallest absolute Gasteiger partial charge is 0.150 e. The molecule has 0 aliphatic heterocycles. The lowest BCUT2D eigenvalue weighted by molar-refractivity contribution is 0.112. The summed E-state index contributed by atoms with van der Waals surface area (Å²) in [5.74, 6) is 0. The molecule has 1 aromatic carbocycles. The second-order valence-electron chi connectivity index (χ2n) is 2.30. The summed E-state index contributed by atoms with van der Waals surface area (Å²) < 4.78 is 0. The zero-order valence-corrected chi connectivity index (χ0v) is 6.03. The molecule has 2 heteroatoms. The van der Waals surface area contributed by atoms with Crippen LogP contribution in [-0.4, -0.2) is 11.4 Å². The van der Waals surface area contributed by atoms with Crippen LogP contribution in [0.25, 0.3) is 0 Å². The Hall–Kier alpha value is -1.15. The van der Waals surface area contributed by atoms with E-state index in [1.807, 2.05) is 0 Å². The maximum absolute atomic E-state index is 10.3. The molecular formula is C9H9O2. The normalized spacial score (nSPS) is 12.5.